The van der Waals surface area contributed by atoms with Crippen molar-refractivity contribution in [3.63, 3.8) is 0 Å². The fourth-order valence-electron chi connectivity index (χ4n) is 3.37. The maximum absolute atomic E-state index is 4.46. The highest BCUT2D eigenvalue weighted by Crippen LogP contribution is 2.20. The molecular weight excluding hydrogens is 306 g/mol. The van der Waals surface area contributed by atoms with Gasteiger partial charge in [-0.05, 0) is 28.8 Å². The molecule has 3 nitrogen and oxygen atoms in total. The molecule has 0 spiro atoms. The van der Waals surface area contributed by atoms with E-state index < -0.39 is 0 Å². The van der Waals surface area contributed by atoms with Crippen molar-refractivity contribution in [3.05, 3.63) is 84.6 Å². The number of benzene rings is 2. The average Bonchev–Trinajstić information content (AvgIpc) is 2.71. The van der Waals surface area contributed by atoms with Crippen LogP contribution in [0.5, 0.6) is 0 Å². The predicted octanol–water partition coefficient (Wildman–Crippen LogP) is 4.07. The second-order valence-corrected chi connectivity index (χ2v) is 6.51. The monoisotopic (exact) mass is 329 g/mol. The van der Waals surface area contributed by atoms with Crippen LogP contribution in [-0.2, 0) is 6.54 Å². The van der Waals surface area contributed by atoms with Crippen molar-refractivity contribution in [3.8, 4) is 11.1 Å². The van der Waals surface area contributed by atoms with Crippen molar-refractivity contribution in [1.29, 1.82) is 0 Å². The van der Waals surface area contributed by atoms with Crippen molar-refractivity contribution in [1.82, 2.24) is 9.88 Å². The number of piperazine rings is 1. The molecule has 0 atom stereocenters. The Balaban J connectivity index is 1.34. The van der Waals surface area contributed by atoms with Crippen LogP contribution in [0.15, 0.2) is 79.0 Å². The van der Waals surface area contributed by atoms with Crippen LogP contribution < -0.4 is 4.90 Å². The van der Waals surface area contributed by atoms with Gasteiger partial charge in [0.05, 0.1) is 0 Å². The Hall–Kier alpha value is -2.65. The van der Waals surface area contributed by atoms with Gasteiger partial charge in [0.15, 0.2) is 0 Å². The molecule has 1 aliphatic rings. The number of pyridine rings is 1. The Kier molecular flexibility index (Phi) is 4.75. The maximum atomic E-state index is 4.46. The summed E-state index contributed by atoms with van der Waals surface area (Å²) in [4.78, 5) is 9.35. The molecule has 0 aliphatic carbocycles. The smallest absolute Gasteiger partial charge is 0.128 e. The largest absolute Gasteiger partial charge is 0.354 e. The summed E-state index contributed by atoms with van der Waals surface area (Å²) in [6.07, 6.45) is 1.87. The predicted molar refractivity (Wildman–Crippen MR) is 104 cm³/mol. The Morgan fingerprint density at radius 1 is 0.680 bits per heavy atom. The highest BCUT2D eigenvalue weighted by atomic mass is 15.3. The third-order valence-corrected chi connectivity index (χ3v) is 4.81. The van der Waals surface area contributed by atoms with Crippen molar-refractivity contribution in [2.75, 3.05) is 31.1 Å². The minimum atomic E-state index is 1.02. The summed E-state index contributed by atoms with van der Waals surface area (Å²) < 4.78 is 0. The molecule has 0 unspecified atom stereocenters. The van der Waals surface area contributed by atoms with Gasteiger partial charge in [-0.3, -0.25) is 4.90 Å². The molecular formula is C22H23N3. The van der Waals surface area contributed by atoms with E-state index in [1.165, 1.54) is 16.7 Å². The number of nitrogens with zero attached hydrogens (tertiary/aromatic N) is 3. The molecule has 0 N–H and O–H groups in total. The Labute approximate surface area is 149 Å². The molecule has 25 heavy (non-hydrogen) atoms. The second kappa shape index (κ2) is 7.49. The molecule has 126 valence electrons. The van der Waals surface area contributed by atoms with Crippen molar-refractivity contribution in [2.24, 2.45) is 0 Å². The summed E-state index contributed by atoms with van der Waals surface area (Å²) >= 11 is 0. The first-order chi connectivity index (χ1) is 12.4. The molecule has 3 heteroatoms. The van der Waals surface area contributed by atoms with Gasteiger partial charge in [-0.2, -0.15) is 0 Å². The summed E-state index contributed by atoms with van der Waals surface area (Å²) in [6.45, 7) is 5.26. The van der Waals surface area contributed by atoms with Crippen LogP contribution in [0.3, 0.4) is 0 Å². The van der Waals surface area contributed by atoms with Gasteiger partial charge in [-0.1, -0.05) is 60.7 Å². The fourth-order valence-corrected chi connectivity index (χ4v) is 3.37. The molecule has 0 radical (unpaired) electrons. The molecule has 3 aromatic rings. The topological polar surface area (TPSA) is 19.4 Å². The van der Waals surface area contributed by atoms with Gasteiger partial charge in [0.2, 0.25) is 0 Å². The average molecular weight is 329 g/mol. The van der Waals surface area contributed by atoms with E-state index in [1.54, 1.807) is 0 Å². The van der Waals surface area contributed by atoms with Gasteiger partial charge in [0.25, 0.3) is 0 Å². The summed E-state index contributed by atoms with van der Waals surface area (Å²) in [5.74, 6) is 1.09. The van der Waals surface area contributed by atoms with Crippen LogP contribution in [0.2, 0.25) is 0 Å². The minimum Gasteiger partial charge on any atom is -0.354 e. The minimum absolute atomic E-state index is 1.02. The van der Waals surface area contributed by atoms with Crippen molar-refractivity contribution in [2.45, 2.75) is 6.54 Å². The fraction of sp³-hybridized carbons (Fsp3) is 0.227. The molecule has 1 saturated heterocycles. The van der Waals surface area contributed by atoms with Crippen LogP contribution in [0, 0.1) is 0 Å². The first-order valence-electron chi connectivity index (χ1n) is 8.91. The van der Waals surface area contributed by atoms with E-state index in [0.29, 0.717) is 0 Å². The second-order valence-electron chi connectivity index (χ2n) is 6.51. The highest BCUT2D eigenvalue weighted by molar-refractivity contribution is 5.63. The molecule has 0 saturated carbocycles. The van der Waals surface area contributed by atoms with Crippen LogP contribution in [0.25, 0.3) is 11.1 Å². The van der Waals surface area contributed by atoms with E-state index in [2.05, 4.69) is 81.5 Å². The SMILES string of the molecule is c1ccc(-c2ccc(CN3CCN(c4ccccn4)CC3)cc2)cc1. The zero-order valence-corrected chi connectivity index (χ0v) is 14.4. The molecule has 1 aliphatic heterocycles. The van der Waals surface area contributed by atoms with E-state index >= 15 is 0 Å². The zero-order valence-electron chi connectivity index (χ0n) is 14.4. The van der Waals surface area contributed by atoms with E-state index in [-0.39, 0.29) is 0 Å². The molecule has 1 aromatic heterocycles. The molecule has 2 aromatic carbocycles. The van der Waals surface area contributed by atoms with E-state index in [4.69, 9.17) is 0 Å². The van der Waals surface area contributed by atoms with Crippen LogP contribution in [0.1, 0.15) is 5.56 Å². The van der Waals surface area contributed by atoms with Crippen molar-refractivity contribution < 1.29 is 0 Å². The first kappa shape index (κ1) is 15.9. The summed E-state index contributed by atoms with van der Waals surface area (Å²) in [6, 6.07) is 25.7. The molecule has 2 heterocycles. The third-order valence-electron chi connectivity index (χ3n) is 4.81. The van der Waals surface area contributed by atoms with Gasteiger partial charge in [0.1, 0.15) is 5.82 Å². The highest BCUT2D eigenvalue weighted by Gasteiger charge is 2.17. The van der Waals surface area contributed by atoms with Crippen LogP contribution >= 0.6 is 0 Å². The third kappa shape index (κ3) is 3.89. The van der Waals surface area contributed by atoms with Gasteiger partial charge < -0.3 is 4.90 Å². The lowest BCUT2D eigenvalue weighted by Gasteiger charge is -2.35. The molecule has 0 amide bonds. The Morgan fingerprint density at radius 2 is 1.36 bits per heavy atom. The number of hydrogen-bond acceptors (Lipinski definition) is 3. The van der Waals surface area contributed by atoms with Crippen molar-refractivity contribution >= 4 is 5.82 Å². The summed E-state index contributed by atoms with van der Waals surface area (Å²) in [5.41, 5.74) is 3.94. The molecule has 0 bridgehead atoms. The quantitative estimate of drug-likeness (QED) is 0.719. The maximum Gasteiger partial charge on any atom is 0.128 e. The van der Waals surface area contributed by atoms with Gasteiger partial charge in [-0.15, -0.1) is 0 Å². The summed E-state index contributed by atoms with van der Waals surface area (Å²) in [5, 5.41) is 0. The van der Waals surface area contributed by atoms with E-state index in [0.717, 1.165) is 38.5 Å². The number of anilines is 1. The molecule has 4 rings (SSSR count). The Morgan fingerprint density at radius 3 is 2.04 bits per heavy atom. The number of aromatic nitrogens is 1. The van der Waals surface area contributed by atoms with Gasteiger partial charge in [0, 0.05) is 38.9 Å². The van der Waals surface area contributed by atoms with Gasteiger partial charge in [-0.25, -0.2) is 4.98 Å². The molecule has 1 fully saturated rings. The standard InChI is InChI=1S/C22H23N3/c1-2-6-20(7-3-1)21-11-9-19(10-12-21)18-24-14-16-25(17-15-24)22-8-4-5-13-23-22/h1-13H,14-18H2. The lowest BCUT2D eigenvalue weighted by atomic mass is 10.0. The van der Waals surface area contributed by atoms with Crippen LogP contribution in [-0.4, -0.2) is 36.1 Å². The lowest BCUT2D eigenvalue weighted by Crippen LogP contribution is -2.46. The van der Waals surface area contributed by atoms with Crippen LogP contribution in [0.4, 0.5) is 5.82 Å². The van der Waals surface area contributed by atoms with Gasteiger partial charge >= 0.3 is 0 Å². The van der Waals surface area contributed by atoms with E-state index in [9.17, 15) is 0 Å². The number of rotatable bonds is 4. The normalized spacial score (nSPS) is 15.3. The van der Waals surface area contributed by atoms with E-state index in [1.807, 2.05) is 12.3 Å². The first-order valence-corrected chi connectivity index (χ1v) is 8.91. The zero-order chi connectivity index (χ0) is 16.9. The lowest BCUT2D eigenvalue weighted by molar-refractivity contribution is 0.249. The summed E-state index contributed by atoms with van der Waals surface area (Å²) in [7, 11) is 0. The number of hydrogen-bond donors (Lipinski definition) is 0. The Bertz CT molecular complexity index is 777.